The SMILES string of the molecule is O=C(C=CCCO)OOP(=O)(O)O. The first-order valence-electron chi connectivity index (χ1n) is 3.19. The number of carbonyl (C=O) groups is 1. The first kappa shape index (κ1) is 12.3. The fraction of sp³-hybridized carbons (Fsp3) is 0.400. The number of rotatable bonds is 5. The van der Waals surface area contributed by atoms with Crippen molar-refractivity contribution in [2.45, 2.75) is 6.42 Å². The number of phosphoric acid groups is 1. The Labute approximate surface area is 73.8 Å². The fourth-order valence-electron chi connectivity index (χ4n) is 0.367. The van der Waals surface area contributed by atoms with E-state index in [1.807, 2.05) is 0 Å². The Hall–Kier alpha value is -0.720. The second-order valence-electron chi connectivity index (χ2n) is 1.88. The summed E-state index contributed by atoms with van der Waals surface area (Å²) in [4.78, 5) is 30.4. The van der Waals surface area contributed by atoms with Gasteiger partial charge in [-0.1, -0.05) is 10.8 Å². The summed E-state index contributed by atoms with van der Waals surface area (Å²) in [7, 11) is -4.78. The maximum Gasteiger partial charge on any atom is 0.505 e. The molecule has 0 bridgehead atoms. The summed E-state index contributed by atoms with van der Waals surface area (Å²) in [5.74, 6) is -1.06. The van der Waals surface area contributed by atoms with Gasteiger partial charge in [0.05, 0.1) is 0 Å². The summed E-state index contributed by atoms with van der Waals surface area (Å²) in [5, 5.41) is 8.28. The van der Waals surface area contributed by atoms with Gasteiger partial charge in [0, 0.05) is 12.7 Å². The first-order chi connectivity index (χ1) is 5.95. The van der Waals surface area contributed by atoms with Gasteiger partial charge in [0.2, 0.25) is 0 Å². The standard InChI is InChI=1S/C5H9O7P/c6-4-2-1-3-5(7)11-12-13(8,9)10/h1,3,6H,2,4H2,(H2,8,9,10). The molecule has 7 nitrogen and oxygen atoms in total. The van der Waals surface area contributed by atoms with Gasteiger partial charge in [0.25, 0.3) is 0 Å². The molecule has 0 aromatic rings. The Morgan fingerprint density at radius 3 is 2.54 bits per heavy atom. The molecular weight excluding hydrogens is 203 g/mol. The van der Waals surface area contributed by atoms with E-state index >= 15 is 0 Å². The number of hydrogen-bond donors (Lipinski definition) is 3. The molecule has 0 aliphatic carbocycles. The van der Waals surface area contributed by atoms with E-state index in [0.29, 0.717) is 0 Å². The number of aliphatic hydroxyl groups excluding tert-OH is 1. The van der Waals surface area contributed by atoms with E-state index in [4.69, 9.17) is 14.9 Å². The lowest BCUT2D eigenvalue weighted by atomic mass is 10.4. The van der Waals surface area contributed by atoms with Crippen molar-refractivity contribution in [1.29, 1.82) is 0 Å². The normalized spacial score (nSPS) is 11.9. The van der Waals surface area contributed by atoms with E-state index in [9.17, 15) is 9.36 Å². The Morgan fingerprint density at radius 1 is 1.46 bits per heavy atom. The van der Waals surface area contributed by atoms with Crippen molar-refractivity contribution in [3.05, 3.63) is 12.2 Å². The smallest absolute Gasteiger partial charge is 0.396 e. The van der Waals surface area contributed by atoms with Gasteiger partial charge in [-0.15, -0.1) is 0 Å². The Balaban J connectivity index is 3.70. The van der Waals surface area contributed by atoms with Crippen LogP contribution in [0.5, 0.6) is 0 Å². The van der Waals surface area contributed by atoms with Crippen LogP contribution in [0.4, 0.5) is 0 Å². The highest BCUT2D eigenvalue weighted by Crippen LogP contribution is 2.35. The fourth-order valence-corrected chi connectivity index (χ4v) is 0.538. The lowest BCUT2D eigenvalue weighted by Crippen LogP contribution is -2.00. The molecule has 0 aromatic carbocycles. The quantitative estimate of drug-likeness (QED) is 0.243. The summed E-state index contributed by atoms with van der Waals surface area (Å²) in [6, 6.07) is 0. The zero-order valence-corrected chi connectivity index (χ0v) is 7.39. The van der Waals surface area contributed by atoms with Crippen molar-refractivity contribution in [1.82, 2.24) is 0 Å². The molecule has 0 saturated carbocycles. The lowest BCUT2D eigenvalue weighted by molar-refractivity contribution is -0.216. The van der Waals surface area contributed by atoms with E-state index < -0.39 is 13.8 Å². The summed E-state index contributed by atoms with van der Waals surface area (Å²) < 4.78 is 13.4. The van der Waals surface area contributed by atoms with E-state index in [1.165, 1.54) is 6.08 Å². The first-order valence-corrected chi connectivity index (χ1v) is 4.72. The van der Waals surface area contributed by atoms with Crippen molar-refractivity contribution >= 4 is 13.8 Å². The predicted molar refractivity (Wildman–Crippen MR) is 40.1 cm³/mol. The molecule has 0 atom stereocenters. The van der Waals surface area contributed by atoms with Crippen LogP contribution in [0.3, 0.4) is 0 Å². The van der Waals surface area contributed by atoms with Gasteiger partial charge < -0.3 is 14.9 Å². The molecule has 3 N–H and O–H groups in total. The van der Waals surface area contributed by atoms with Crippen LogP contribution in [0.2, 0.25) is 0 Å². The van der Waals surface area contributed by atoms with E-state index in [-0.39, 0.29) is 13.0 Å². The minimum absolute atomic E-state index is 0.136. The number of hydrogen-bond acceptors (Lipinski definition) is 5. The zero-order valence-electron chi connectivity index (χ0n) is 6.49. The highest BCUT2D eigenvalue weighted by Gasteiger charge is 2.17. The lowest BCUT2D eigenvalue weighted by Gasteiger charge is -2.00. The Kier molecular flexibility index (Phi) is 5.52. The molecule has 0 aliphatic heterocycles. The minimum Gasteiger partial charge on any atom is -0.396 e. The van der Waals surface area contributed by atoms with Crippen LogP contribution < -0.4 is 0 Å². The summed E-state index contributed by atoms with van der Waals surface area (Å²) in [6.07, 6.45) is 2.39. The maximum absolute atomic E-state index is 10.5. The van der Waals surface area contributed by atoms with E-state index in [2.05, 4.69) is 9.56 Å². The van der Waals surface area contributed by atoms with Crippen molar-refractivity contribution in [3.63, 3.8) is 0 Å². The molecule has 8 heteroatoms. The summed E-state index contributed by atoms with van der Waals surface area (Å²) in [6.45, 7) is -0.136. The molecule has 0 aromatic heterocycles. The Bertz CT molecular complexity index is 229. The second kappa shape index (κ2) is 5.85. The topological polar surface area (TPSA) is 113 Å². The molecule has 0 rings (SSSR count). The molecule has 0 unspecified atom stereocenters. The van der Waals surface area contributed by atoms with Crippen molar-refractivity contribution < 1.29 is 33.8 Å². The average molecular weight is 212 g/mol. The molecule has 0 amide bonds. The van der Waals surface area contributed by atoms with E-state index in [1.54, 1.807) is 0 Å². The van der Waals surface area contributed by atoms with Crippen LogP contribution in [0, 0.1) is 0 Å². The maximum atomic E-state index is 10.5. The number of carbonyl (C=O) groups excluding carboxylic acids is 1. The summed E-state index contributed by atoms with van der Waals surface area (Å²) in [5.41, 5.74) is 0. The highest BCUT2D eigenvalue weighted by molar-refractivity contribution is 7.46. The molecule has 0 aliphatic rings. The van der Waals surface area contributed by atoms with Gasteiger partial charge >= 0.3 is 13.8 Å². The third kappa shape index (κ3) is 9.19. The third-order valence-electron chi connectivity index (χ3n) is 0.766. The van der Waals surface area contributed by atoms with Crippen LogP contribution in [0.25, 0.3) is 0 Å². The molecule has 0 spiro atoms. The molecular formula is C5H9O7P. The molecule has 0 fully saturated rings. The average Bonchev–Trinajstić information content (AvgIpc) is 2.00. The monoisotopic (exact) mass is 212 g/mol. The number of aliphatic hydroxyl groups is 1. The zero-order chi connectivity index (χ0) is 10.3. The molecule has 0 heterocycles. The molecule has 0 saturated heterocycles. The second-order valence-corrected chi connectivity index (χ2v) is 3.01. The van der Waals surface area contributed by atoms with Gasteiger partial charge in [-0.3, -0.25) is 4.89 Å². The van der Waals surface area contributed by atoms with Gasteiger partial charge in [0.1, 0.15) is 0 Å². The summed E-state index contributed by atoms with van der Waals surface area (Å²) >= 11 is 0. The van der Waals surface area contributed by atoms with Gasteiger partial charge in [-0.05, 0) is 6.42 Å². The molecule has 76 valence electrons. The van der Waals surface area contributed by atoms with Crippen molar-refractivity contribution in [2.24, 2.45) is 0 Å². The van der Waals surface area contributed by atoms with E-state index in [0.717, 1.165) is 6.08 Å². The predicted octanol–water partition coefficient (Wildman–Crippen LogP) is -0.508. The van der Waals surface area contributed by atoms with Crippen molar-refractivity contribution in [2.75, 3.05) is 6.61 Å². The van der Waals surface area contributed by atoms with Crippen LogP contribution >= 0.6 is 7.82 Å². The van der Waals surface area contributed by atoms with Crippen molar-refractivity contribution in [3.8, 4) is 0 Å². The molecule has 0 radical (unpaired) electrons. The molecule has 13 heavy (non-hydrogen) atoms. The Morgan fingerprint density at radius 2 is 2.08 bits per heavy atom. The highest BCUT2D eigenvalue weighted by atomic mass is 31.2. The van der Waals surface area contributed by atoms with Crippen LogP contribution in [-0.4, -0.2) is 27.5 Å². The van der Waals surface area contributed by atoms with Crippen LogP contribution in [0.15, 0.2) is 12.2 Å². The van der Waals surface area contributed by atoms with Gasteiger partial charge in [0.15, 0.2) is 0 Å². The van der Waals surface area contributed by atoms with Crippen LogP contribution in [0.1, 0.15) is 6.42 Å². The van der Waals surface area contributed by atoms with Crippen LogP contribution in [-0.2, 0) is 18.9 Å². The van der Waals surface area contributed by atoms with Gasteiger partial charge in [-0.2, -0.15) is 0 Å². The largest absolute Gasteiger partial charge is 0.505 e. The van der Waals surface area contributed by atoms with Gasteiger partial charge in [-0.25, -0.2) is 9.36 Å². The minimum atomic E-state index is -4.78. The third-order valence-corrected chi connectivity index (χ3v) is 1.03.